The zero-order chi connectivity index (χ0) is 22.2. The van der Waals surface area contributed by atoms with Gasteiger partial charge in [-0.25, -0.2) is 0 Å². The molecule has 0 fully saturated rings. The number of carbonyl (C=O) groups excluding carboxylic acids is 1. The maximum Gasteiger partial charge on any atom is 0.265 e. The lowest BCUT2D eigenvalue weighted by atomic mass is 10.1. The average molecular weight is 475 g/mol. The van der Waals surface area contributed by atoms with Gasteiger partial charge in [0.1, 0.15) is 17.6 Å². The van der Waals surface area contributed by atoms with E-state index < -0.39 is 0 Å². The van der Waals surface area contributed by atoms with Crippen molar-refractivity contribution >= 4 is 28.6 Å². The quantitative estimate of drug-likeness (QED) is 0.366. The van der Waals surface area contributed by atoms with E-state index in [1.54, 1.807) is 23.0 Å². The maximum atomic E-state index is 13.0. The SMILES string of the molecule is O=C(c1cncs1)N1CCOc2c(cc(-c3cccs3)cc2OC2CCc3ccccc32)C1. The Hall–Kier alpha value is -3.16. The van der Waals surface area contributed by atoms with Gasteiger partial charge in [-0.2, -0.15) is 0 Å². The summed E-state index contributed by atoms with van der Waals surface area (Å²) in [4.78, 5) is 20.8. The monoisotopic (exact) mass is 474 g/mol. The second-order valence-corrected chi connectivity index (χ2v) is 10.1. The highest BCUT2D eigenvalue weighted by molar-refractivity contribution is 7.13. The van der Waals surface area contributed by atoms with Crippen LogP contribution in [-0.2, 0) is 13.0 Å². The molecular formula is C26H22N2O3S2. The standard InChI is InChI=1S/C26H22N2O3S2/c29-26(24-14-27-16-33-24)28-9-10-30-25-19(15-28)12-18(23-6-3-11-32-23)13-22(25)31-21-8-7-17-4-1-2-5-20(17)21/h1-6,11-14,16,21H,7-10,15H2. The Morgan fingerprint density at radius 3 is 2.91 bits per heavy atom. The molecule has 7 heteroatoms. The predicted octanol–water partition coefficient (Wildman–Crippen LogP) is 5.97. The van der Waals surface area contributed by atoms with E-state index in [4.69, 9.17) is 9.47 Å². The van der Waals surface area contributed by atoms with E-state index in [0.717, 1.165) is 35.5 Å². The summed E-state index contributed by atoms with van der Waals surface area (Å²) in [7, 11) is 0. The molecule has 5 nitrogen and oxygen atoms in total. The molecule has 1 atom stereocenters. The van der Waals surface area contributed by atoms with Crippen LogP contribution in [0.3, 0.4) is 0 Å². The van der Waals surface area contributed by atoms with Crippen LogP contribution in [0, 0.1) is 0 Å². The summed E-state index contributed by atoms with van der Waals surface area (Å²) in [6, 6.07) is 16.9. The lowest BCUT2D eigenvalue weighted by Crippen LogP contribution is -2.31. The molecule has 2 aliphatic rings. The molecule has 6 rings (SSSR count). The number of amides is 1. The Morgan fingerprint density at radius 1 is 1.12 bits per heavy atom. The van der Waals surface area contributed by atoms with E-state index in [0.29, 0.717) is 24.6 Å². The van der Waals surface area contributed by atoms with Gasteiger partial charge in [0, 0.05) is 17.0 Å². The van der Waals surface area contributed by atoms with Gasteiger partial charge >= 0.3 is 0 Å². The molecule has 0 radical (unpaired) electrons. The summed E-state index contributed by atoms with van der Waals surface area (Å²) >= 11 is 3.06. The Balaban J connectivity index is 1.38. The average Bonchev–Trinajstić information content (AvgIpc) is 3.60. The zero-order valence-corrected chi connectivity index (χ0v) is 19.5. The number of carbonyl (C=O) groups is 1. The molecule has 0 N–H and O–H groups in total. The second-order valence-electron chi connectivity index (χ2n) is 8.22. The first-order valence-electron chi connectivity index (χ1n) is 11.0. The Labute approximate surface area is 200 Å². The van der Waals surface area contributed by atoms with Gasteiger partial charge in [0.25, 0.3) is 5.91 Å². The lowest BCUT2D eigenvalue weighted by molar-refractivity contribution is 0.0737. The molecule has 1 aliphatic heterocycles. The minimum atomic E-state index is -0.0114. The van der Waals surface area contributed by atoms with Crippen molar-refractivity contribution < 1.29 is 14.3 Å². The fourth-order valence-electron chi connectivity index (χ4n) is 4.60. The molecule has 1 unspecified atom stereocenters. The van der Waals surface area contributed by atoms with Gasteiger partial charge in [0.15, 0.2) is 11.5 Å². The number of thiazole rings is 1. The van der Waals surface area contributed by atoms with Gasteiger partial charge in [0.05, 0.1) is 18.3 Å². The molecule has 166 valence electrons. The minimum absolute atomic E-state index is 0.00525. The van der Waals surface area contributed by atoms with Crippen molar-refractivity contribution in [1.29, 1.82) is 0 Å². The highest BCUT2D eigenvalue weighted by Crippen LogP contribution is 2.43. The van der Waals surface area contributed by atoms with Crippen LogP contribution >= 0.6 is 22.7 Å². The molecule has 33 heavy (non-hydrogen) atoms. The number of hydrogen-bond donors (Lipinski definition) is 0. The molecule has 0 saturated heterocycles. The van der Waals surface area contributed by atoms with Gasteiger partial charge in [0.2, 0.25) is 0 Å². The summed E-state index contributed by atoms with van der Waals surface area (Å²) in [5, 5.41) is 2.07. The van der Waals surface area contributed by atoms with Gasteiger partial charge < -0.3 is 14.4 Å². The maximum absolute atomic E-state index is 13.0. The molecule has 2 aromatic heterocycles. The van der Waals surface area contributed by atoms with Crippen LogP contribution in [0.15, 0.2) is 65.6 Å². The van der Waals surface area contributed by atoms with E-state index in [-0.39, 0.29) is 12.0 Å². The predicted molar refractivity (Wildman–Crippen MR) is 130 cm³/mol. The number of aryl methyl sites for hydroxylation is 1. The third-order valence-electron chi connectivity index (χ3n) is 6.18. The van der Waals surface area contributed by atoms with E-state index in [1.165, 1.54) is 27.3 Å². The Bertz CT molecular complexity index is 1290. The third kappa shape index (κ3) is 3.92. The molecule has 4 aromatic rings. The number of thiophene rings is 1. The van der Waals surface area contributed by atoms with Crippen LogP contribution in [0.4, 0.5) is 0 Å². The van der Waals surface area contributed by atoms with Crippen molar-refractivity contribution in [3.8, 4) is 21.9 Å². The summed E-state index contributed by atoms with van der Waals surface area (Å²) in [6.07, 6.45) is 3.61. The van der Waals surface area contributed by atoms with Gasteiger partial charge in [-0.05, 0) is 53.1 Å². The van der Waals surface area contributed by atoms with Crippen LogP contribution in [0.1, 0.15) is 38.9 Å². The van der Waals surface area contributed by atoms with Crippen LogP contribution in [0.5, 0.6) is 11.5 Å². The zero-order valence-electron chi connectivity index (χ0n) is 17.9. The molecular weight excluding hydrogens is 452 g/mol. The van der Waals surface area contributed by atoms with E-state index >= 15 is 0 Å². The molecule has 0 bridgehead atoms. The number of nitrogens with zero attached hydrogens (tertiary/aromatic N) is 2. The smallest absolute Gasteiger partial charge is 0.265 e. The Kier molecular flexibility index (Phi) is 5.36. The van der Waals surface area contributed by atoms with Gasteiger partial charge in [-0.15, -0.1) is 22.7 Å². The summed E-state index contributed by atoms with van der Waals surface area (Å²) < 4.78 is 12.9. The minimum Gasteiger partial charge on any atom is -0.487 e. The molecule has 1 aliphatic carbocycles. The number of rotatable bonds is 4. The topological polar surface area (TPSA) is 51.7 Å². The third-order valence-corrected chi connectivity index (χ3v) is 7.86. The number of hydrogen-bond acceptors (Lipinski definition) is 6. The van der Waals surface area contributed by atoms with Crippen molar-refractivity contribution in [3.05, 3.63) is 87.2 Å². The highest BCUT2D eigenvalue weighted by Gasteiger charge is 2.29. The molecule has 0 spiro atoms. The van der Waals surface area contributed by atoms with E-state index in [9.17, 15) is 4.79 Å². The normalized spacial score (nSPS) is 17.1. The first-order chi connectivity index (χ1) is 16.3. The number of benzene rings is 2. The van der Waals surface area contributed by atoms with Crippen LogP contribution in [-0.4, -0.2) is 28.9 Å². The van der Waals surface area contributed by atoms with Crippen LogP contribution in [0.25, 0.3) is 10.4 Å². The summed E-state index contributed by atoms with van der Waals surface area (Å²) in [5.74, 6) is 1.49. The van der Waals surface area contributed by atoms with Crippen molar-refractivity contribution in [3.63, 3.8) is 0 Å². The first-order valence-corrected chi connectivity index (χ1v) is 12.8. The van der Waals surface area contributed by atoms with E-state index in [1.807, 2.05) is 4.90 Å². The van der Waals surface area contributed by atoms with E-state index in [2.05, 4.69) is 58.9 Å². The fourth-order valence-corrected chi connectivity index (χ4v) is 5.90. The summed E-state index contributed by atoms with van der Waals surface area (Å²) in [5.41, 5.74) is 6.35. The Morgan fingerprint density at radius 2 is 2.06 bits per heavy atom. The first kappa shape index (κ1) is 20.4. The number of fused-ring (bicyclic) bond motifs is 2. The lowest BCUT2D eigenvalue weighted by Gasteiger charge is -2.21. The number of aromatic nitrogens is 1. The molecule has 3 heterocycles. The van der Waals surface area contributed by atoms with Gasteiger partial charge in [-0.1, -0.05) is 30.3 Å². The van der Waals surface area contributed by atoms with Crippen LogP contribution in [0.2, 0.25) is 0 Å². The molecule has 2 aromatic carbocycles. The highest BCUT2D eigenvalue weighted by atomic mass is 32.1. The second kappa shape index (κ2) is 8.65. The molecule has 0 saturated carbocycles. The van der Waals surface area contributed by atoms with Crippen molar-refractivity contribution in [1.82, 2.24) is 9.88 Å². The fraction of sp³-hybridized carbons (Fsp3) is 0.231. The van der Waals surface area contributed by atoms with Crippen molar-refractivity contribution in [2.75, 3.05) is 13.2 Å². The summed E-state index contributed by atoms with van der Waals surface area (Å²) in [6.45, 7) is 1.42. The van der Waals surface area contributed by atoms with Crippen LogP contribution < -0.4 is 9.47 Å². The molecule has 1 amide bonds. The van der Waals surface area contributed by atoms with Gasteiger partial charge in [-0.3, -0.25) is 9.78 Å². The van der Waals surface area contributed by atoms with Crippen molar-refractivity contribution in [2.45, 2.75) is 25.5 Å². The number of ether oxygens (including phenoxy) is 2. The van der Waals surface area contributed by atoms with Crippen molar-refractivity contribution in [2.24, 2.45) is 0 Å². The largest absolute Gasteiger partial charge is 0.487 e.